The summed E-state index contributed by atoms with van der Waals surface area (Å²) in [5.74, 6) is -2.49. The van der Waals surface area contributed by atoms with Crippen LogP contribution in [0.2, 0.25) is 0 Å². The van der Waals surface area contributed by atoms with Crippen molar-refractivity contribution in [1.82, 2.24) is 5.06 Å². The van der Waals surface area contributed by atoms with E-state index in [1.54, 1.807) is 0 Å². The second-order valence-corrected chi connectivity index (χ2v) is 3.68. The smallest absolute Gasteiger partial charge is 0.331 e. The van der Waals surface area contributed by atoms with E-state index in [1.807, 2.05) is 0 Å². The van der Waals surface area contributed by atoms with E-state index < -0.39 is 62.6 Å². The maximum atomic E-state index is 11.7. The van der Waals surface area contributed by atoms with Crippen LogP contribution in [0.5, 0.6) is 0 Å². The number of carbonyl (C=O) groups excluding carboxylic acids is 3. The van der Waals surface area contributed by atoms with Crippen LogP contribution in [0.4, 0.5) is 0 Å². The molecular weight excluding hydrogens is 224 g/mol. The van der Waals surface area contributed by atoms with E-state index in [4.69, 9.17) is 12.3 Å². The molecule has 0 spiro atoms. The predicted molar refractivity (Wildman–Crippen MR) is 59.3 cm³/mol. The summed E-state index contributed by atoms with van der Waals surface area (Å²) in [4.78, 5) is 39.0. The zero-order valence-electron chi connectivity index (χ0n) is 18.1. The van der Waals surface area contributed by atoms with Crippen LogP contribution in [0, 0.1) is 0 Å². The monoisotopic (exact) mass is 252 g/mol. The topological polar surface area (TPSA) is 63.7 Å². The van der Waals surface area contributed by atoms with Crippen LogP contribution in [-0.4, -0.2) is 54.8 Å². The number of amides is 2. The molecule has 1 saturated heterocycles. The van der Waals surface area contributed by atoms with Crippen molar-refractivity contribution in [2.75, 3.05) is 27.5 Å². The number of hydrogen-bond acceptors (Lipinski definition) is 4. The Morgan fingerprint density at radius 3 is 2.47 bits per heavy atom. The van der Waals surface area contributed by atoms with Gasteiger partial charge in [-0.3, -0.25) is 9.59 Å². The lowest BCUT2D eigenvalue weighted by molar-refractivity contribution is -0.870. The summed E-state index contributed by atoms with van der Waals surface area (Å²) >= 11 is 0. The minimum Gasteiger partial charge on any atom is -0.331 e. The van der Waals surface area contributed by atoms with Gasteiger partial charge in [0.1, 0.15) is 0 Å². The number of carbonyl (C=O) groups is 3. The van der Waals surface area contributed by atoms with E-state index in [2.05, 4.69) is 4.84 Å². The Balaban J connectivity index is 2.87. The van der Waals surface area contributed by atoms with Gasteiger partial charge >= 0.3 is 5.97 Å². The highest BCUT2D eigenvalue weighted by molar-refractivity contribution is 6.01. The Kier molecular flexibility index (Phi) is 1.70. The van der Waals surface area contributed by atoms with Crippen molar-refractivity contribution < 1.29 is 36.0 Å². The van der Waals surface area contributed by atoms with E-state index >= 15 is 0 Å². The molecule has 6 heteroatoms. The summed E-state index contributed by atoms with van der Waals surface area (Å²) in [5, 5.41) is 0.293. The maximum Gasteiger partial charge on any atom is 0.333 e. The highest BCUT2D eigenvalue weighted by Crippen LogP contribution is 2.13. The third-order valence-corrected chi connectivity index (χ3v) is 2.07. The summed E-state index contributed by atoms with van der Waals surface area (Å²) in [6.45, 7) is -11.1. The fourth-order valence-electron chi connectivity index (χ4n) is 1.27. The van der Waals surface area contributed by atoms with Gasteiger partial charge < -0.3 is 9.32 Å². The molecular formula is C11H19N2O4+. The molecule has 1 rings (SSSR count). The zero-order valence-corrected chi connectivity index (χ0v) is 9.06. The lowest BCUT2D eigenvalue weighted by Crippen LogP contribution is -2.36. The second kappa shape index (κ2) is 5.27. The SMILES string of the molecule is [2H]C([2H])([2H])[N+](CCCC(=O)ON1C(=O)CCC1=O)(C([2H])([2H])[2H])C([2H])([2H])[2H]. The number of imide groups is 1. The molecule has 1 aliphatic rings. The van der Waals surface area contributed by atoms with Crippen molar-refractivity contribution in [3.05, 3.63) is 0 Å². The normalized spacial score (nSPS) is 26.6. The molecule has 0 atom stereocenters. The standard InChI is InChI=1S/C11H19N2O4/c1-13(2,3)8-4-5-11(16)17-12-9(14)6-7-10(12)15/h4-8H2,1-3H3/q+1/i1D3,2D3,3D3. The molecule has 0 unspecified atom stereocenters. The summed E-state index contributed by atoms with van der Waals surface area (Å²) in [6.07, 6.45) is -1.24. The first-order valence-corrected chi connectivity index (χ1v) is 4.99. The van der Waals surface area contributed by atoms with Crippen molar-refractivity contribution in [2.45, 2.75) is 25.7 Å². The molecule has 0 N–H and O–H groups in total. The van der Waals surface area contributed by atoms with Crippen molar-refractivity contribution in [3.63, 3.8) is 0 Å². The number of quaternary nitrogens is 1. The molecule has 1 aliphatic heterocycles. The molecule has 6 nitrogen and oxygen atoms in total. The molecule has 1 heterocycles. The van der Waals surface area contributed by atoms with Gasteiger partial charge in [-0.25, -0.2) is 4.79 Å². The molecule has 2 amide bonds. The van der Waals surface area contributed by atoms with E-state index in [1.165, 1.54) is 0 Å². The number of hydrogen-bond donors (Lipinski definition) is 0. The summed E-state index contributed by atoms with van der Waals surface area (Å²) in [6, 6.07) is 0. The highest BCUT2D eigenvalue weighted by Gasteiger charge is 2.32. The van der Waals surface area contributed by atoms with Crippen LogP contribution in [0.25, 0.3) is 0 Å². The lowest BCUT2D eigenvalue weighted by Gasteiger charge is -2.23. The number of hydroxylamine groups is 2. The van der Waals surface area contributed by atoms with Crippen LogP contribution in [0.3, 0.4) is 0 Å². The molecule has 0 aliphatic carbocycles. The van der Waals surface area contributed by atoms with Gasteiger partial charge in [0.25, 0.3) is 11.8 Å². The maximum absolute atomic E-state index is 11.7. The van der Waals surface area contributed by atoms with Crippen molar-refractivity contribution in [2.24, 2.45) is 0 Å². The average molecular weight is 252 g/mol. The van der Waals surface area contributed by atoms with Gasteiger partial charge in [-0.1, -0.05) is 0 Å². The fourth-order valence-corrected chi connectivity index (χ4v) is 1.27. The summed E-state index contributed by atoms with van der Waals surface area (Å²) in [5.41, 5.74) is 0. The van der Waals surface area contributed by atoms with Gasteiger partial charge in [0, 0.05) is 19.3 Å². The van der Waals surface area contributed by atoms with Gasteiger partial charge in [0.15, 0.2) is 0 Å². The molecule has 0 aromatic heterocycles. The van der Waals surface area contributed by atoms with Crippen LogP contribution in [0.1, 0.15) is 38.0 Å². The molecule has 96 valence electrons. The lowest BCUT2D eigenvalue weighted by atomic mass is 10.3. The molecule has 0 aromatic rings. The zero-order chi connectivity index (χ0) is 20.6. The molecule has 0 saturated carbocycles. The van der Waals surface area contributed by atoms with Crippen LogP contribution >= 0.6 is 0 Å². The van der Waals surface area contributed by atoms with Crippen LogP contribution in [0.15, 0.2) is 0 Å². The number of nitrogens with zero attached hydrogens (tertiary/aromatic N) is 2. The first-order chi connectivity index (χ1) is 11.5. The largest absolute Gasteiger partial charge is 0.333 e. The van der Waals surface area contributed by atoms with Gasteiger partial charge in [-0.15, -0.1) is 5.06 Å². The minimum absolute atomic E-state index is 0.108. The Labute approximate surface area is 113 Å². The average Bonchev–Trinajstić information content (AvgIpc) is 2.71. The van der Waals surface area contributed by atoms with Crippen molar-refractivity contribution in [3.8, 4) is 0 Å². The first-order valence-electron chi connectivity index (χ1n) is 9.49. The highest BCUT2D eigenvalue weighted by atomic mass is 16.7. The third kappa shape index (κ3) is 4.52. The summed E-state index contributed by atoms with van der Waals surface area (Å²) in [7, 11) is 0. The molecule has 0 bridgehead atoms. The Morgan fingerprint density at radius 2 is 1.94 bits per heavy atom. The predicted octanol–water partition coefficient (Wildman–Crippen LogP) is 0.0800. The molecule has 0 radical (unpaired) electrons. The Hall–Kier alpha value is -1.43. The van der Waals surface area contributed by atoms with Crippen LogP contribution < -0.4 is 0 Å². The second-order valence-electron chi connectivity index (χ2n) is 3.68. The quantitative estimate of drug-likeness (QED) is 0.513. The minimum atomic E-state index is -3.40. The van der Waals surface area contributed by atoms with E-state index in [-0.39, 0.29) is 12.8 Å². The summed E-state index contributed by atoms with van der Waals surface area (Å²) < 4.78 is 64.8. The molecule has 17 heavy (non-hydrogen) atoms. The number of rotatable bonds is 5. The van der Waals surface area contributed by atoms with Gasteiger partial charge in [-0.05, 0) is 0 Å². The molecule has 0 aromatic carbocycles. The van der Waals surface area contributed by atoms with Crippen molar-refractivity contribution >= 4 is 17.8 Å². The Morgan fingerprint density at radius 1 is 1.35 bits per heavy atom. The van der Waals surface area contributed by atoms with Crippen LogP contribution in [-0.2, 0) is 19.2 Å². The van der Waals surface area contributed by atoms with E-state index in [0.717, 1.165) is 0 Å². The van der Waals surface area contributed by atoms with Crippen molar-refractivity contribution in [1.29, 1.82) is 0 Å². The van der Waals surface area contributed by atoms with E-state index in [0.29, 0.717) is 5.06 Å². The molecule has 1 fully saturated rings. The Bertz CT molecular complexity index is 530. The fraction of sp³-hybridized carbons (Fsp3) is 0.727. The van der Waals surface area contributed by atoms with Gasteiger partial charge in [0.2, 0.25) is 0 Å². The third-order valence-electron chi connectivity index (χ3n) is 2.07. The van der Waals surface area contributed by atoms with Gasteiger partial charge in [-0.2, -0.15) is 0 Å². The van der Waals surface area contributed by atoms with E-state index in [9.17, 15) is 14.4 Å². The first kappa shape index (κ1) is 5.48. The van der Waals surface area contributed by atoms with Gasteiger partial charge in [0.05, 0.1) is 46.2 Å².